The van der Waals surface area contributed by atoms with Gasteiger partial charge in [-0.1, -0.05) is 30.5 Å². The molecule has 0 aliphatic heterocycles. The fraction of sp³-hybridized carbons (Fsp3) is 0.571. The van der Waals surface area contributed by atoms with Crippen molar-refractivity contribution in [3.05, 3.63) is 33.0 Å². The van der Waals surface area contributed by atoms with Crippen molar-refractivity contribution in [1.29, 1.82) is 0 Å². The number of hydrogen-bond donors (Lipinski definition) is 1. The Morgan fingerprint density at radius 2 is 1.89 bits per heavy atom. The molecule has 3 unspecified atom stereocenters. The van der Waals surface area contributed by atoms with E-state index in [0.717, 1.165) is 0 Å². The number of aliphatic hydroxyl groups excluding tert-OH is 1. The van der Waals surface area contributed by atoms with Crippen LogP contribution in [0.5, 0.6) is 0 Å². The van der Waals surface area contributed by atoms with E-state index in [1.165, 1.54) is 25.7 Å². The highest BCUT2D eigenvalue weighted by Gasteiger charge is 2.54. The van der Waals surface area contributed by atoms with Crippen LogP contribution in [0.2, 0.25) is 5.02 Å². The van der Waals surface area contributed by atoms with Crippen LogP contribution in [-0.4, -0.2) is 5.11 Å². The Morgan fingerprint density at radius 3 is 2.50 bits per heavy atom. The molecule has 0 spiro atoms. The molecule has 1 nitrogen and oxygen atoms in total. The summed E-state index contributed by atoms with van der Waals surface area (Å²) in [6.45, 7) is 0. The van der Waals surface area contributed by atoms with Gasteiger partial charge in [0, 0.05) is 10.0 Å². The maximum absolute atomic E-state index is 14.1. The lowest BCUT2D eigenvalue weighted by atomic mass is 10.0. The second kappa shape index (κ2) is 4.77. The molecular weight excluding hydrogens is 319 g/mol. The van der Waals surface area contributed by atoms with E-state index in [1.54, 1.807) is 12.1 Å². The van der Waals surface area contributed by atoms with Crippen LogP contribution in [0.3, 0.4) is 0 Å². The van der Waals surface area contributed by atoms with Crippen molar-refractivity contribution >= 4 is 27.5 Å². The average Bonchev–Trinajstić information content (AvgIpc) is 3.10. The third-order valence-electron chi connectivity index (χ3n) is 4.47. The van der Waals surface area contributed by atoms with Gasteiger partial charge < -0.3 is 5.11 Å². The monoisotopic (exact) mass is 332 g/mol. The summed E-state index contributed by atoms with van der Waals surface area (Å²) in [4.78, 5) is 0. The SMILES string of the molecule is OC(c1ccc(Br)c(Cl)c1F)C1C2CCCCC21. The quantitative estimate of drug-likeness (QED) is 0.777. The van der Waals surface area contributed by atoms with Gasteiger partial charge in [-0.05, 0) is 52.6 Å². The van der Waals surface area contributed by atoms with E-state index < -0.39 is 11.9 Å². The van der Waals surface area contributed by atoms with Gasteiger partial charge in [-0.3, -0.25) is 0 Å². The van der Waals surface area contributed by atoms with Crippen LogP contribution in [0.25, 0.3) is 0 Å². The van der Waals surface area contributed by atoms with E-state index in [-0.39, 0.29) is 10.9 Å². The first kappa shape index (κ1) is 12.9. The van der Waals surface area contributed by atoms with Crippen LogP contribution < -0.4 is 0 Å². The molecule has 2 fully saturated rings. The fourth-order valence-electron chi connectivity index (χ4n) is 3.49. The zero-order valence-electron chi connectivity index (χ0n) is 9.87. The number of aliphatic hydroxyl groups is 1. The normalized spacial score (nSPS) is 31.9. The fourth-order valence-corrected chi connectivity index (χ4v) is 3.97. The van der Waals surface area contributed by atoms with E-state index in [9.17, 15) is 9.50 Å². The van der Waals surface area contributed by atoms with Gasteiger partial charge in [0.15, 0.2) is 0 Å². The molecule has 2 aliphatic carbocycles. The van der Waals surface area contributed by atoms with Gasteiger partial charge >= 0.3 is 0 Å². The molecule has 0 heterocycles. The van der Waals surface area contributed by atoms with Crippen LogP contribution in [0, 0.1) is 23.6 Å². The summed E-state index contributed by atoms with van der Waals surface area (Å²) in [5.41, 5.74) is 0.350. The summed E-state index contributed by atoms with van der Waals surface area (Å²) >= 11 is 9.06. The largest absolute Gasteiger partial charge is 0.388 e. The zero-order valence-corrected chi connectivity index (χ0v) is 12.2. The van der Waals surface area contributed by atoms with Crippen molar-refractivity contribution in [2.45, 2.75) is 31.8 Å². The molecule has 3 rings (SSSR count). The van der Waals surface area contributed by atoms with Gasteiger partial charge in [0.1, 0.15) is 5.82 Å². The number of benzene rings is 1. The molecule has 4 heteroatoms. The molecule has 98 valence electrons. The van der Waals surface area contributed by atoms with Gasteiger partial charge in [-0.15, -0.1) is 0 Å². The van der Waals surface area contributed by atoms with E-state index in [0.29, 0.717) is 21.9 Å². The number of hydrogen-bond acceptors (Lipinski definition) is 1. The highest BCUT2D eigenvalue weighted by molar-refractivity contribution is 9.10. The smallest absolute Gasteiger partial charge is 0.148 e. The molecule has 0 radical (unpaired) electrons. The van der Waals surface area contributed by atoms with Crippen LogP contribution >= 0.6 is 27.5 Å². The molecule has 1 aromatic carbocycles. The summed E-state index contributed by atoms with van der Waals surface area (Å²) in [5.74, 6) is 0.938. The van der Waals surface area contributed by atoms with Crippen LogP contribution in [-0.2, 0) is 0 Å². The third-order valence-corrected chi connectivity index (χ3v) is 5.73. The van der Waals surface area contributed by atoms with Crippen LogP contribution in [0.15, 0.2) is 16.6 Å². The minimum atomic E-state index is -0.705. The Bertz CT molecular complexity index is 467. The molecule has 2 aliphatic rings. The standard InChI is InChI=1S/C14H15BrClFO/c15-10-6-5-9(13(17)12(10)16)14(18)11-7-3-1-2-4-8(7)11/h5-8,11,14,18H,1-4H2. The van der Waals surface area contributed by atoms with Gasteiger partial charge in [0.25, 0.3) is 0 Å². The van der Waals surface area contributed by atoms with Gasteiger partial charge in [0.2, 0.25) is 0 Å². The summed E-state index contributed by atoms with van der Waals surface area (Å²) < 4.78 is 14.6. The Kier molecular flexibility index (Phi) is 3.41. The lowest BCUT2D eigenvalue weighted by molar-refractivity contribution is 0.138. The maximum atomic E-state index is 14.1. The van der Waals surface area contributed by atoms with Crippen molar-refractivity contribution in [3.8, 4) is 0 Å². The highest BCUT2D eigenvalue weighted by atomic mass is 79.9. The summed E-state index contributed by atoms with van der Waals surface area (Å²) in [5, 5.41) is 10.4. The Morgan fingerprint density at radius 1 is 1.28 bits per heavy atom. The minimum absolute atomic E-state index is 0.0650. The molecule has 18 heavy (non-hydrogen) atoms. The summed E-state index contributed by atoms with van der Waals surface area (Å²) in [6.07, 6.45) is 4.14. The van der Waals surface area contributed by atoms with E-state index in [4.69, 9.17) is 11.6 Å². The number of fused-ring (bicyclic) bond motifs is 1. The second-order valence-corrected chi connectivity index (χ2v) is 6.63. The van der Waals surface area contributed by atoms with E-state index in [1.807, 2.05) is 0 Å². The Balaban J connectivity index is 1.85. The molecular formula is C14H15BrClFO. The van der Waals surface area contributed by atoms with Crippen molar-refractivity contribution < 1.29 is 9.50 Å². The molecule has 0 amide bonds. The van der Waals surface area contributed by atoms with Crippen LogP contribution in [0.1, 0.15) is 37.4 Å². The first-order valence-corrected chi connectivity index (χ1v) is 7.60. The molecule has 0 aromatic heterocycles. The molecule has 3 atom stereocenters. The first-order chi connectivity index (χ1) is 8.61. The maximum Gasteiger partial charge on any atom is 0.148 e. The lowest BCUT2D eigenvalue weighted by Gasteiger charge is -2.13. The third kappa shape index (κ3) is 2.00. The average molecular weight is 334 g/mol. The molecule has 1 N–H and O–H groups in total. The van der Waals surface area contributed by atoms with Crippen molar-refractivity contribution in [1.82, 2.24) is 0 Å². The lowest BCUT2D eigenvalue weighted by Crippen LogP contribution is -2.05. The Hall–Kier alpha value is -0.120. The number of halogens is 3. The highest BCUT2D eigenvalue weighted by Crippen LogP contribution is 2.60. The minimum Gasteiger partial charge on any atom is -0.388 e. The summed E-state index contributed by atoms with van der Waals surface area (Å²) in [7, 11) is 0. The predicted octanol–water partition coefficient (Wildman–Crippen LogP) is 4.71. The molecule has 1 aromatic rings. The molecule has 0 bridgehead atoms. The van der Waals surface area contributed by atoms with E-state index in [2.05, 4.69) is 15.9 Å². The Labute approximate surface area is 119 Å². The predicted molar refractivity (Wildman–Crippen MR) is 73.0 cm³/mol. The zero-order chi connectivity index (χ0) is 12.9. The van der Waals surface area contributed by atoms with Crippen molar-refractivity contribution in [2.75, 3.05) is 0 Å². The number of rotatable bonds is 2. The van der Waals surface area contributed by atoms with Gasteiger partial charge in [-0.25, -0.2) is 4.39 Å². The van der Waals surface area contributed by atoms with Gasteiger partial charge in [-0.2, -0.15) is 0 Å². The molecule has 2 saturated carbocycles. The van der Waals surface area contributed by atoms with Crippen molar-refractivity contribution in [3.63, 3.8) is 0 Å². The first-order valence-electron chi connectivity index (χ1n) is 6.42. The van der Waals surface area contributed by atoms with E-state index >= 15 is 0 Å². The summed E-state index contributed by atoms with van der Waals surface area (Å²) in [6, 6.07) is 3.34. The van der Waals surface area contributed by atoms with Gasteiger partial charge in [0.05, 0.1) is 11.1 Å². The second-order valence-electron chi connectivity index (χ2n) is 5.40. The van der Waals surface area contributed by atoms with Crippen LogP contribution in [0.4, 0.5) is 4.39 Å². The van der Waals surface area contributed by atoms with Crippen molar-refractivity contribution in [2.24, 2.45) is 17.8 Å². The molecule has 0 saturated heterocycles. The topological polar surface area (TPSA) is 20.2 Å².